The molecule has 1 aromatic heterocycles. The first-order valence-electron chi connectivity index (χ1n) is 7.75. The van der Waals surface area contributed by atoms with Gasteiger partial charge in [-0.05, 0) is 53.8 Å². The summed E-state index contributed by atoms with van der Waals surface area (Å²) in [4.78, 5) is 16.6. The summed E-state index contributed by atoms with van der Waals surface area (Å²) >= 11 is 5.93. The van der Waals surface area contributed by atoms with Crippen molar-refractivity contribution in [3.05, 3.63) is 75.9 Å². The van der Waals surface area contributed by atoms with Gasteiger partial charge in [0.2, 0.25) is 0 Å². The van der Waals surface area contributed by atoms with Crippen molar-refractivity contribution in [3.63, 3.8) is 0 Å². The first-order chi connectivity index (χ1) is 11.6. The zero-order valence-corrected chi connectivity index (χ0v) is 13.5. The summed E-state index contributed by atoms with van der Waals surface area (Å²) in [6.45, 7) is 0. The molecular formula is C20H14ClNO2. The van der Waals surface area contributed by atoms with E-state index in [2.05, 4.69) is 6.08 Å². The van der Waals surface area contributed by atoms with Gasteiger partial charge in [-0.3, -0.25) is 0 Å². The monoisotopic (exact) mass is 335 g/mol. The molecule has 1 aliphatic rings. The highest BCUT2D eigenvalue weighted by molar-refractivity contribution is 6.30. The first-order valence-corrected chi connectivity index (χ1v) is 8.13. The first kappa shape index (κ1) is 14.9. The van der Waals surface area contributed by atoms with Gasteiger partial charge in [-0.15, -0.1) is 0 Å². The quantitative estimate of drug-likeness (QED) is 0.711. The van der Waals surface area contributed by atoms with Crippen LogP contribution in [0.2, 0.25) is 5.02 Å². The number of carboxylic acids is 1. The van der Waals surface area contributed by atoms with E-state index in [9.17, 15) is 9.90 Å². The number of allylic oxidation sites excluding steroid dienone is 1. The lowest BCUT2D eigenvalue weighted by atomic mass is 10.0. The molecule has 3 aromatic rings. The van der Waals surface area contributed by atoms with Gasteiger partial charge in [0.1, 0.15) is 0 Å². The molecule has 4 rings (SSSR count). The predicted molar refractivity (Wildman–Crippen MR) is 96.3 cm³/mol. The van der Waals surface area contributed by atoms with Crippen molar-refractivity contribution >= 4 is 40.1 Å². The Kier molecular flexibility index (Phi) is 3.58. The van der Waals surface area contributed by atoms with Gasteiger partial charge < -0.3 is 5.11 Å². The molecular weight excluding hydrogens is 322 g/mol. The van der Waals surface area contributed by atoms with Crippen LogP contribution >= 0.6 is 11.6 Å². The average molecular weight is 336 g/mol. The number of carboxylic acid groups (broad SMARTS) is 1. The number of hydrogen-bond acceptors (Lipinski definition) is 2. The van der Waals surface area contributed by atoms with Gasteiger partial charge in [-0.2, -0.15) is 0 Å². The topological polar surface area (TPSA) is 50.2 Å². The number of hydrogen-bond donors (Lipinski definition) is 1. The summed E-state index contributed by atoms with van der Waals surface area (Å²) in [6, 6.07) is 15.0. The molecule has 0 saturated heterocycles. The normalized spacial score (nSPS) is 15.0. The summed E-state index contributed by atoms with van der Waals surface area (Å²) in [5.74, 6) is -0.891. The number of carbonyl (C=O) groups is 1. The third-order valence-electron chi connectivity index (χ3n) is 4.37. The number of nitrogens with zero attached hydrogens (tertiary/aromatic N) is 1. The highest BCUT2D eigenvalue weighted by Gasteiger charge is 2.26. The Morgan fingerprint density at radius 1 is 1.08 bits per heavy atom. The van der Waals surface area contributed by atoms with E-state index in [-0.39, 0.29) is 0 Å². The smallest absolute Gasteiger partial charge is 0.336 e. The summed E-state index contributed by atoms with van der Waals surface area (Å²) in [6.07, 6.45) is 3.56. The van der Waals surface area contributed by atoms with Crippen molar-refractivity contribution in [2.45, 2.75) is 12.8 Å². The molecule has 118 valence electrons. The van der Waals surface area contributed by atoms with E-state index in [1.807, 2.05) is 48.5 Å². The fourth-order valence-electron chi connectivity index (χ4n) is 3.28. The maximum Gasteiger partial charge on any atom is 0.336 e. The SMILES string of the molecule is O=C(O)c1c2c(nc3ccccc13)/C(=C\c1ccc(Cl)cc1)CC2. The molecule has 1 heterocycles. The molecule has 0 aliphatic heterocycles. The summed E-state index contributed by atoms with van der Waals surface area (Å²) < 4.78 is 0. The van der Waals surface area contributed by atoms with Crippen LogP contribution in [0.1, 0.15) is 33.6 Å². The second kappa shape index (κ2) is 5.77. The number of benzene rings is 2. The molecule has 0 bridgehead atoms. The molecule has 0 fully saturated rings. The molecule has 0 saturated carbocycles. The Morgan fingerprint density at radius 2 is 1.83 bits per heavy atom. The average Bonchev–Trinajstić information content (AvgIpc) is 2.97. The highest BCUT2D eigenvalue weighted by Crippen LogP contribution is 2.37. The summed E-state index contributed by atoms with van der Waals surface area (Å²) in [5, 5.41) is 11.1. The molecule has 0 unspecified atom stereocenters. The van der Waals surface area contributed by atoms with Crippen LogP contribution in [0.15, 0.2) is 48.5 Å². The largest absolute Gasteiger partial charge is 0.478 e. The van der Waals surface area contributed by atoms with Gasteiger partial charge >= 0.3 is 5.97 Å². The number of aromatic carboxylic acids is 1. The maximum atomic E-state index is 11.8. The van der Waals surface area contributed by atoms with Crippen LogP contribution in [0.4, 0.5) is 0 Å². The molecule has 1 N–H and O–H groups in total. The van der Waals surface area contributed by atoms with Crippen LogP contribution in [0.3, 0.4) is 0 Å². The highest BCUT2D eigenvalue weighted by atomic mass is 35.5. The van der Waals surface area contributed by atoms with Crippen LogP contribution in [0.5, 0.6) is 0 Å². The molecule has 2 aromatic carbocycles. The second-order valence-electron chi connectivity index (χ2n) is 5.86. The van der Waals surface area contributed by atoms with Crippen LogP contribution in [0.25, 0.3) is 22.6 Å². The van der Waals surface area contributed by atoms with Crippen LogP contribution in [0, 0.1) is 0 Å². The van der Waals surface area contributed by atoms with E-state index in [0.717, 1.165) is 34.3 Å². The molecule has 0 amide bonds. The van der Waals surface area contributed by atoms with Crippen LogP contribution in [-0.2, 0) is 6.42 Å². The Balaban J connectivity index is 1.92. The lowest BCUT2D eigenvalue weighted by Gasteiger charge is -2.09. The second-order valence-corrected chi connectivity index (χ2v) is 6.29. The Bertz CT molecular complexity index is 990. The van der Waals surface area contributed by atoms with E-state index in [4.69, 9.17) is 16.6 Å². The lowest BCUT2D eigenvalue weighted by molar-refractivity contribution is 0.0698. The van der Waals surface area contributed by atoms with Crippen molar-refractivity contribution in [2.75, 3.05) is 0 Å². The lowest BCUT2D eigenvalue weighted by Crippen LogP contribution is -2.05. The zero-order chi connectivity index (χ0) is 16.7. The molecule has 4 heteroatoms. The molecule has 24 heavy (non-hydrogen) atoms. The molecule has 0 radical (unpaired) electrons. The van der Waals surface area contributed by atoms with Crippen molar-refractivity contribution in [3.8, 4) is 0 Å². The van der Waals surface area contributed by atoms with E-state index in [1.54, 1.807) is 0 Å². The van der Waals surface area contributed by atoms with E-state index in [1.165, 1.54) is 0 Å². The van der Waals surface area contributed by atoms with E-state index < -0.39 is 5.97 Å². The predicted octanol–water partition coefficient (Wildman–Crippen LogP) is 5.07. The molecule has 3 nitrogen and oxygen atoms in total. The Labute approximate surface area is 144 Å². The number of pyridine rings is 1. The zero-order valence-electron chi connectivity index (χ0n) is 12.8. The van der Waals surface area contributed by atoms with Gasteiger partial charge in [-0.1, -0.05) is 41.9 Å². The van der Waals surface area contributed by atoms with Crippen LogP contribution < -0.4 is 0 Å². The van der Waals surface area contributed by atoms with Crippen molar-refractivity contribution in [1.82, 2.24) is 4.98 Å². The third kappa shape index (κ3) is 2.47. The minimum atomic E-state index is -0.891. The molecule has 0 spiro atoms. The minimum absolute atomic E-state index is 0.384. The van der Waals surface area contributed by atoms with Gasteiger partial charge in [0, 0.05) is 10.4 Å². The van der Waals surface area contributed by atoms with Gasteiger partial charge in [0.25, 0.3) is 0 Å². The van der Waals surface area contributed by atoms with Gasteiger partial charge in [0.15, 0.2) is 0 Å². The number of halogens is 1. The van der Waals surface area contributed by atoms with Gasteiger partial charge in [0.05, 0.1) is 16.8 Å². The van der Waals surface area contributed by atoms with E-state index >= 15 is 0 Å². The van der Waals surface area contributed by atoms with Crippen molar-refractivity contribution in [1.29, 1.82) is 0 Å². The number of fused-ring (bicyclic) bond motifs is 2. The molecule has 0 atom stereocenters. The summed E-state index contributed by atoms with van der Waals surface area (Å²) in [7, 11) is 0. The van der Waals surface area contributed by atoms with Crippen molar-refractivity contribution in [2.24, 2.45) is 0 Å². The maximum absolute atomic E-state index is 11.8. The van der Waals surface area contributed by atoms with E-state index in [0.29, 0.717) is 22.4 Å². The van der Waals surface area contributed by atoms with Crippen LogP contribution in [-0.4, -0.2) is 16.1 Å². The minimum Gasteiger partial charge on any atom is -0.478 e. The third-order valence-corrected chi connectivity index (χ3v) is 4.62. The number of aromatic nitrogens is 1. The number of para-hydroxylation sites is 1. The standard InChI is InChI=1S/C20H14ClNO2/c21-14-8-5-12(6-9-14)11-13-7-10-16-18(20(23)24)15-3-1-2-4-17(15)22-19(13)16/h1-6,8-9,11H,7,10H2,(H,23,24)/b13-11-. The Morgan fingerprint density at radius 3 is 2.58 bits per heavy atom. The molecule has 1 aliphatic carbocycles. The fraction of sp³-hybridized carbons (Fsp3) is 0.100. The number of rotatable bonds is 2. The van der Waals surface area contributed by atoms with Gasteiger partial charge in [-0.25, -0.2) is 9.78 Å². The van der Waals surface area contributed by atoms with Crippen molar-refractivity contribution < 1.29 is 9.90 Å². The Hall–Kier alpha value is -2.65. The fourth-order valence-corrected chi connectivity index (χ4v) is 3.41. The summed E-state index contributed by atoms with van der Waals surface area (Å²) in [5.41, 5.74) is 4.85.